The van der Waals surface area contributed by atoms with E-state index in [0.717, 1.165) is 10.5 Å². The van der Waals surface area contributed by atoms with E-state index in [0.29, 0.717) is 0 Å². The molecule has 2 rings (SSSR count). The van der Waals surface area contributed by atoms with Gasteiger partial charge in [0, 0.05) is 6.42 Å². The van der Waals surface area contributed by atoms with E-state index >= 15 is 0 Å². The highest BCUT2D eigenvalue weighted by molar-refractivity contribution is 6.01. The minimum atomic E-state index is -1.21. The van der Waals surface area contributed by atoms with E-state index in [2.05, 4.69) is 10.6 Å². The summed E-state index contributed by atoms with van der Waals surface area (Å²) in [5.74, 6) is -3.03. The predicted molar refractivity (Wildman–Crippen MR) is 109 cm³/mol. The molecule has 0 unspecified atom stereocenters. The molecule has 0 spiro atoms. The maximum atomic E-state index is 12.8. The van der Waals surface area contributed by atoms with Crippen LogP contribution < -0.4 is 10.6 Å². The number of aliphatic carboxylic acids is 1. The Kier molecular flexibility index (Phi) is 8.53. The number of nitrogens with zero attached hydrogens (tertiary/aromatic N) is 1. The molecule has 1 aliphatic heterocycles. The van der Waals surface area contributed by atoms with E-state index < -0.39 is 48.4 Å². The predicted octanol–water partition coefficient (Wildman–Crippen LogP) is 1.05. The smallest absolute Gasteiger partial charge is 0.417 e. The topological polar surface area (TPSA) is 142 Å². The van der Waals surface area contributed by atoms with Crippen molar-refractivity contribution in [2.24, 2.45) is 5.92 Å². The maximum absolute atomic E-state index is 12.8. The van der Waals surface area contributed by atoms with Crippen LogP contribution in [0, 0.1) is 5.92 Å². The molecular weight excluding hydrogens is 406 g/mol. The second-order valence-corrected chi connectivity index (χ2v) is 7.66. The number of amides is 4. The minimum absolute atomic E-state index is 0.00141. The summed E-state index contributed by atoms with van der Waals surface area (Å²) >= 11 is 0. The number of likely N-dealkylation sites (tertiary alicyclic amines) is 1. The molecule has 31 heavy (non-hydrogen) atoms. The standard InChI is InChI=1S/C21H27N3O7/c1-13(2)10-15(19(28)22-11-18(26)27)23-20(29)16-8-9-17(25)24(16)21(30)31-12-14-6-4-3-5-7-14/h3-7,13,15-16H,8-12H2,1-2H3,(H,22,28)(H,23,29)(H,26,27)/t15-,16+/m1/s1. The van der Waals surface area contributed by atoms with Gasteiger partial charge in [-0.15, -0.1) is 0 Å². The largest absolute Gasteiger partial charge is 0.480 e. The van der Waals surface area contributed by atoms with Crippen LogP contribution in [0.1, 0.15) is 38.7 Å². The van der Waals surface area contributed by atoms with Gasteiger partial charge in [-0.05, 0) is 24.3 Å². The average molecular weight is 433 g/mol. The molecule has 0 saturated carbocycles. The molecular formula is C21H27N3O7. The van der Waals surface area contributed by atoms with Gasteiger partial charge in [-0.2, -0.15) is 0 Å². The zero-order valence-corrected chi connectivity index (χ0v) is 17.5. The summed E-state index contributed by atoms with van der Waals surface area (Å²) in [7, 11) is 0. The Morgan fingerprint density at radius 1 is 1.19 bits per heavy atom. The van der Waals surface area contributed by atoms with E-state index in [1.807, 2.05) is 19.9 Å². The van der Waals surface area contributed by atoms with Gasteiger partial charge in [-0.3, -0.25) is 19.2 Å². The molecule has 168 valence electrons. The Balaban J connectivity index is 2.04. The number of rotatable bonds is 9. The molecule has 1 saturated heterocycles. The highest BCUT2D eigenvalue weighted by Gasteiger charge is 2.42. The first kappa shape index (κ1) is 23.8. The molecule has 1 heterocycles. The third-order valence-electron chi connectivity index (χ3n) is 4.67. The normalized spacial score (nSPS) is 16.7. The van der Waals surface area contributed by atoms with Gasteiger partial charge in [-0.25, -0.2) is 9.69 Å². The SMILES string of the molecule is CC(C)C[C@@H](NC(=O)[C@@H]1CCC(=O)N1C(=O)OCc1ccccc1)C(=O)NCC(=O)O. The number of imide groups is 1. The molecule has 2 atom stereocenters. The lowest BCUT2D eigenvalue weighted by Gasteiger charge is -2.25. The van der Waals surface area contributed by atoms with Crippen molar-refractivity contribution in [3.8, 4) is 0 Å². The Bertz CT molecular complexity index is 826. The molecule has 0 aliphatic carbocycles. The Morgan fingerprint density at radius 3 is 2.48 bits per heavy atom. The molecule has 1 aliphatic rings. The van der Waals surface area contributed by atoms with Crippen LogP contribution in [0.5, 0.6) is 0 Å². The molecule has 1 aromatic carbocycles. The van der Waals surface area contributed by atoms with Crippen LogP contribution in [0.3, 0.4) is 0 Å². The fourth-order valence-corrected chi connectivity index (χ4v) is 3.21. The average Bonchev–Trinajstić information content (AvgIpc) is 3.11. The van der Waals surface area contributed by atoms with E-state index in [9.17, 15) is 24.0 Å². The molecule has 0 aromatic heterocycles. The fourth-order valence-electron chi connectivity index (χ4n) is 3.21. The number of ether oxygens (including phenoxy) is 1. The van der Waals surface area contributed by atoms with Gasteiger partial charge >= 0.3 is 12.1 Å². The number of carbonyl (C=O) groups is 5. The molecule has 3 N–H and O–H groups in total. The zero-order valence-electron chi connectivity index (χ0n) is 17.5. The van der Waals surface area contributed by atoms with Crippen LogP contribution in [-0.2, 0) is 30.5 Å². The molecule has 0 radical (unpaired) electrons. The Labute approximate surface area is 179 Å². The lowest BCUT2D eigenvalue weighted by Crippen LogP contribution is -2.54. The van der Waals surface area contributed by atoms with Crippen LogP contribution in [-0.4, -0.2) is 58.4 Å². The number of hydrogen-bond donors (Lipinski definition) is 3. The van der Waals surface area contributed by atoms with E-state index in [-0.39, 0.29) is 31.8 Å². The summed E-state index contributed by atoms with van der Waals surface area (Å²) in [5.41, 5.74) is 0.732. The summed E-state index contributed by atoms with van der Waals surface area (Å²) < 4.78 is 5.19. The molecule has 1 fully saturated rings. The first-order chi connectivity index (χ1) is 14.7. The minimum Gasteiger partial charge on any atom is -0.480 e. The lowest BCUT2D eigenvalue weighted by molar-refractivity contribution is -0.139. The van der Waals surface area contributed by atoms with Gasteiger partial charge in [0.2, 0.25) is 17.7 Å². The van der Waals surface area contributed by atoms with E-state index in [1.54, 1.807) is 24.3 Å². The summed E-state index contributed by atoms with van der Waals surface area (Å²) in [4.78, 5) is 61.3. The quantitative estimate of drug-likeness (QED) is 0.528. The lowest BCUT2D eigenvalue weighted by atomic mass is 10.0. The third kappa shape index (κ3) is 7.09. The second-order valence-electron chi connectivity index (χ2n) is 7.66. The number of carbonyl (C=O) groups excluding carboxylic acids is 4. The van der Waals surface area contributed by atoms with Crippen molar-refractivity contribution in [1.29, 1.82) is 0 Å². The van der Waals surface area contributed by atoms with Gasteiger partial charge in [0.1, 0.15) is 25.2 Å². The molecule has 4 amide bonds. The third-order valence-corrected chi connectivity index (χ3v) is 4.67. The maximum Gasteiger partial charge on any atom is 0.417 e. The highest BCUT2D eigenvalue weighted by atomic mass is 16.6. The van der Waals surface area contributed by atoms with E-state index in [1.165, 1.54) is 0 Å². The molecule has 10 nitrogen and oxygen atoms in total. The van der Waals surface area contributed by atoms with Crippen molar-refractivity contribution in [3.05, 3.63) is 35.9 Å². The fraction of sp³-hybridized carbons (Fsp3) is 0.476. The molecule has 10 heteroatoms. The zero-order chi connectivity index (χ0) is 23.0. The number of nitrogens with one attached hydrogen (secondary N) is 2. The first-order valence-corrected chi connectivity index (χ1v) is 10.0. The van der Waals surface area contributed by atoms with E-state index in [4.69, 9.17) is 9.84 Å². The van der Waals surface area contributed by atoms with Gasteiger partial charge < -0.3 is 20.5 Å². The van der Waals surface area contributed by atoms with Crippen LogP contribution >= 0.6 is 0 Å². The summed E-state index contributed by atoms with van der Waals surface area (Å²) in [5, 5.41) is 13.5. The monoisotopic (exact) mass is 433 g/mol. The van der Waals surface area contributed by atoms with Crippen molar-refractivity contribution in [3.63, 3.8) is 0 Å². The highest BCUT2D eigenvalue weighted by Crippen LogP contribution is 2.21. The van der Waals surface area contributed by atoms with Crippen LogP contribution in [0.2, 0.25) is 0 Å². The second kappa shape index (κ2) is 11.1. The summed E-state index contributed by atoms with van der Waals surface area (Å²) in [6.07, 6.45) is -0.562. The number of hydrogen-bond acceptors (Lipinski definition) is 6. The summed E-state index contributed by atoms with van der Waals surface area (Å²) in [6, 6.07) is 6.80. The van der Waals surface area contributed by atoms with Gasteiger partial charge in [0.15, 0.2) is 0 Å². The van der Waals surface area contributed by atoms with Gasteiger partial charge in [0.05, 0.1) is 0 Å². The number of carboxylic acid groups (broad SMARTS) is 1. The van der Waals surface area contributed by atoms with Gasteiger partial charge in [-0.1, -0.05) is 44.2 Å². The molecule has 1 aromatic rings. The first-order valence-electron chi connectivity index (χ1n) is 10.0. The number of carboxylic acids is 1. The van der Waals surface area contributed by atoms with Crippen LogP contribution in [0.25, 0.3) is 0 Å². The van der Waals surface area contributed by atoms with Crippen molar-refractivity contribution < 1.29 is 33.8 Å². The number of benzene rings is 1. The molecule has 0 bridgehead atoms. The van der Waals surface area contributed by atoms with Crippen molar-refractivity contribution in [1.82, 2.24) is 15.5 Å². The Morgan fingerprint density at radius 2 is 1.87 bits per heavy atom. The van der Waals surface area contributed by atoms with Gasteiger partial charge in [0.25, 0.3) is 0 Å². The summed E-state index contributed by atoms with van der Waals surface area (Å²) in [6.45, 7) is 3.06. The van der Waals surface area contributed by atoms with Crippen LogP contribution in [0.15, 0.2) is 30.3 Å². The van der Waals surface area contributed by atoms with Crippen molar-refractivity contribution in [2.75, 3.05) is 6.54 Å². The Hall–Kier alpha value is -3.43. The van der Waals surface area contributed by atoms with Crippen molar-refractivity contribution in [2.45, 2.75) is 51.8 Å². The van der Waals surface area contributed by atoms with Crippen molar-refractivity contribution >= 4 is 29.8 Å². The van der Waals surface area contributed by atoms with Crippen LogP contribution in [0.4, 0.5) is 4.79 Å².